The molecule has 16 heavy (non-hydrogen) atoms. The number of rotatable bonds is 5. The van der Waals surface area contributed by atoms with E-state index in [9.17, 15) is 4.79 Å². The molecule has 0 aromatic heterocycles. The van der Waals surface area contributed by atoms with Gasteiger partial charge in [-0.25, -0.2) is 0 Å². The van der Waals surface area contributed by atoms with Gasteiger partial charge in [-0.3, -0.25) is 4.79 Å². The van der Waals surface area contributed by atoms with Crippen molar-refractivity contribution in [2.45, 2.75) is 26.3 Å². The monoisotopic (exact) mass is 239 g/mol. The third kappa shape index (κ3) is 4.23. The van der Waals surface area contributed by atoms with Crippen LogP contribution in [0.5, 0.6) is 0 Å². The minimum absolute atomic E-state index is 0.155. The van der Waals surface area contributed by atoms with Crippen LogP contribution in [-0.2, 0) is 11.3 Å². The second-order valence-corrected chi connectivity index (χ2v) is 4.41. The van der Waals surface area contributed by atoms with Crippen LogP contribution in [-0.4, -0.2) is 23.7 Å². The number of alkyl halides is 1. The van der Waals surface area contributed by atoms with Crippen LogP contribution >= 0.6 is 11.6 Å². The lowest BCUT2D eigenvalue weighted by molar-refractivity contribution is -0.130. The van der Waals surface area contributed by atoms with E-state index < -0.39 is 0 Å². The molecule has 1 rings (SSSR count). The average Bonchev–Trinajstić information content (AvgIpc) is 2.25. The maximum atomic E-state index is 11.7. The summed E-state index contributed by atoms with van der Waals surface area (Å²) in [6.45, 7) is 2.72. The number of halogens is 1. The maximum absolute atomic E-state index is 11.7. The number of nitrogens with zero attached hydrogens (tertiary/aromatic N) is 1. The molecule has 0 aliphatic rings. The number of benzene rings is 1. The number of carbonyl (C=O) groups is 1. The normalized spacial score (nSPS) is 10.2. The molecule has 0 fully saturated rings. The van der Waals surface area contributed by atoms with Crippen LogP contribution in [0.2, 0.25) is 0 Å². The highest BCUT2D eigenvalue weighted by molar-refractivity contribution is 6.17. The Morgan fingerprint density at radius 3 is 2.81 bits per heavy atom. The van der Waals surface area contributed by atoms with Crippen molar-refractivity contribution in [1.82, 2.24) is 4.90 Å². The molecule has 0 bridgehead atoms. The average molecular weight is 240 g/mol. The van der Waals surface area contributed by atoms with Crippen molar-refractivity contribution in [3.63, 3.8) is 0 Å². The molecule has 88 valence electrons. The summed E-state index contributed by atoms with van der Waals surface area (Å²) in [4.78, 5) is 13.4. The molecule has 0 radical (unpaired) electrons. The van der Waals surface area contributed by atoms with Crippen molar-refractivity contribution in [3.05, 3.63) is 35.4 Å². The van der Waals surface area contributed by atoms with Gasteiger partial charge in [0.1, 0.15) is 0 Å². The van der Waals surface area contributed by atoms with Crippen LogP contribution in [0.15, 0.2) is 24.3 Å². The molecule has 0 N–H and O–H groups in total. The van der Waals surface area contributed by atoms with Crippen molar-refractivity contribution in [2.24, 2.45) is 0 Å². The zero-order valence-electron chi connectivity index (χ0n) is 9.87. The SMILES string of the molecule is Cc1cccc(CN(C)C(=O)CCCCl)c1. The number of hydrogen-bond acceptors (Lipinski definition) is 1. The molecule has 2 nitrogen and oxygen atoms in total. The van der Waals surface area contributed by atoms with Gasteiger partial charge in [-0.2, -0.15) is 0 Å². The Hall–Kier alpha value is -1.02. The van der Waals surface area contributed by atoms with Gasteiger partial charge in [0.2, 0.25) is 5.91 Å². The zero-order valence-corrected chi connectivity index (χ0v) is 10.6. The third-order valence-electron chi connectivity index (χ3n) is 2.45. The first-order valence-electron chi connectivity index (χ1n) is 5.49. The summed E-state index contributed by atoms with van der Waals surface area (Å²) < 4.78 is 0. The zero-order chi connectivity index (χ0) is 12.0. The van der Waals surface area contributed by atoms with Crippen LogP contribution in [0.4, 0.5) is 0 Å². The Balaban J connectivity index is 2.50. The first-order valence-corrected chi connectivity index (χ1v) is 6.02. The lowest BCUT2D eigenvalue weighted by Crippen LogP contribution is -2.25. The van der Waals surface area contributed by atoms with E-state index >= 15 is 0 Å². The summed E-state index contributed by atoms with van der Waals surface area (Å²) in [6, 6.07) is 8.21. The molecule has 1 aromatic carbocycles. The van der Waals surface area contributed by atoms with Gasteiger partial charge in [0.25, 0.3) is 0 Å². The molecule has 0 spiro atoms. The summed E-state index contributed by atoms with van der Waals surface area (Å²) in [7, 11) is 1.83. The van der Waals surface area contributed by atoms with Crippen molar-refractivity contribution < 1.29 is 4.79 Å². The molecule has 0 aliphatic carbocycles. The van der Waals surface area contributed by atoms with E-state index in [1.807, 2.05) is 19.2 Å². The molecule has 0 unspecified atom stereocenters. The van der Waals surface area contributed by atoms with Gasteiger partial charge in [-0.05, 0) is 18.9 Å². The fourth-order valence-electron chi connectivity index (χ4n) is 1.58. The predicted molar refractivity (Wildman–Crippen MR) is 67.6 cm³/mol. The van der Waals surface area contributed by atoms with Crippen molar-refractivity contribution in [2.75, 3.05) is 12.9 Å². The van der Waals surface area contributed by atoms with Gasteiger partial charge >= 0.3 is 0 Å². The minimum atomic E-state index is 0.155. The van der Waals surface area contributed by atoms with Gasteiger partial charge in [-0.1, -0.05) is 29.8 Å². The van der Waals surface area contributed by atoms with Crippen LogP contribution in [0.1, 0.15) is 24.0 Å². The number of carbonyl (C=O) groups excluding carboxylic acids is 1. The van der Waals surface area contributed by atoms with E-state index in [2.05, 4.69) is 19.1 Å². The van der Waals surface area contributed by atoms with E-state index in [4.69, 9.17) is 11.6 Å². The molecule has 1 aromatic rings. The molecule has 3 heteroatoms. The third-order valence-corrected chi connectivity index (χ3v) is 2.72. The summed E-state index contributed by atoms with van der Waals surface area (Å²) in [5.74, 6) is 0.700. The predicted octanol–water partition coefficient (Wildman–Crippen LogP) is 2.97. The van der Waals surface area contributed by atoms with Gasteiger partial charge in [0, 0.05) is 25.9 Å². The molecule has 0 heterocycles. The lowest BCUT2D eigenvalue weighted by atomic mass is 10.1. The van der Waals surface area contributed by atoms with E-state index in [1.54, 1.807) is 4.90 Å². The molecule has 0 aliphatic heterocycles. The molecule has 0 atom stereocenters. The Morgan fingerprint density at radius 1 is 1.44 bits per heavy atom. The Morgan fingerprint density at radius 2 is 2.19 bits per heavy atom. The van der Waals surface area contributed by atoms with E-state index in [0.29, 0.717) is 18.8 Å². The number of amides is 1. The standard InChI is InChI=1S/C13H18ClNO/c1-11-5-3-6-12(9-11)10-15(2)13(16)7-4-8-14/h3,5-6,9H,4,7-8,10H2,1-2H3. The quantitative estimate of drug-likeness (QED) is 0.724. The Bertz CT molecular complexity index is 352. The van der Waals surface area contributed by atoms with Gasteiger partial charge in [0.15, 0.2) is 0 Å². The first kappa shape index (κ1) is 13.0. The summed E-state index contributed by atoms with van der Waals surface area (Å²) >= 11 is 5.56. The molecular formula is C13H18ClNO. The van der Waals surface area contributed by atoms with E-state index in [0.717, 1.165) is 6.42 Å². The van der Waals surface area contributed by atoms with Crippen LogP contribution in [0, 0.1) is 6.92 Å². The van der Waals surface area contributed by atoms with Crippen molar-refractivity contribution >= 4 is 17.5 Å². The first-order chi connectivity index (χ1) is 7.63. The summed E-state index contributed by atoms with van der Waals surface area (Å²) in [5, 5.41) is 0. The molecule has 0 saturated carbocycles. The molecular weight excluding hydrogens is 222 g/mol. The van der Waals surface area contributed by atoms with Crippen LogP contribution in [0.25, 0.3) is 0 Å². The second-order valence-electron chi connectivity index (χ2n) is 4.03. The number of aryl methyl sites for hydroxylation is 1. The van der Waals surface area contributed by atoms with Gasteiger partial charge in [-0.15, -0.1) is 11.6 Å². The maximum Gasteiger partial charge on any atom is 0.222 e. The van der Waals surface area contributed by atoms with Crippen LogP contribution in [0.3, 0.4) is 0 Å². The number of hydrogen-bond donors (Lipinski definition) is 0. The topological polar surface area (TPSA) is 20.3 Å². The molecule has 1 amide bonds. The lowest BCUT2D eigenvalue weighted by Gasteiger charge is -2.17. The van der Waals surface area contributed by atoms with Crippen molar-refractivity contribution in [1.29, 1.82) is 0 Å². The highest BCUT2D eigenvalue weighted by Crippen LogP contribution is 2.08. The molecule has 0 saturated heterocycles. The Labute approximate surface area is 102 Å². The fourth-order valence-corrected chi connectivity index (χ4v) is 1.72. The summed E-state index contributed by atoms with van der Waals surface area (Å²) in [6.07, 6.45) is 1.28. The second kappa shape index (κ2) is 6.54. The Kier molecular flexibility index (Phi) is 5.33. The van der Waals surface area contributed by atoms with E-state index in [1.165, 1.54) is 11.1 Å². The largest absolute Gasteiger partial charge is 0.341 e. The smallest absolute Gasteiger partial charge is 0.222 e. The van der Waals surface area contributed by atoms with E-state index in [-0.39, 0.29) is 5.91 Å². The van der Waals surface area contributed by atoms with Gasteiger partial charge < -0.3 is 4.90 Å². The highest BCUT2D eigenvalue weighted by atomic mass is 35.5. The summed E-state index contributed by atoms with van der Waals surface area (Å²) in [5.41, 5.74) is 2.39. The van der Waals surface area contributed by atoms with Crippen LogP contribution < -0.4 is 0 Å². The fraction of sp³-hybridized carbons (Fsp3) is 0.462. The van der Waals surface area contributed by atoms with Crippen molar-refractivity contribution in [3.8, 4) is 0 Å². The van der Waals surface area contributed by atoms with Gasteiger partial charge in [0.05, 0.1) is 0 Å². The highest BCUT2D eigenvalue weighted by Gasteiger charge is 2.08. The minimum Gasteiger partial charge on any atom is -0.341 e.